The van der Waals surface area contributed by atoms with Crippen LogP contribution in [0.1, 0.15) is 43.5 Å². The summed E-state index contributed by atoms with van der Waals surface area (Å²) in [6, 6.07) is 18.4. The molecule has 0 aromatic heterocycles. The van der Waals surface area contributed by atoms with Crippen molar-refractivity contribution in [1.82, 2.24) is 0 Å². The number of Topliss-reactive ketones (excluding diaryl/α,β-unsaturated/α-hetero) is 1. The largest absolute Gasteiger partial charge is 0.542 e. The lowest BCUT2D eigenvalue weighted by molar-refractivity contribution is -0.938. The van der Waals surface area contributed by atoms with Gasteiger partial charge in [0.1, 0.15) is 25.5 Å². The van der Waals surface area contributed by atoms with Crippen molar-refractivity contribution in [3.05, 3.63) is 66.2 Å². The molecule has 3 saturated heterocycles. The van der Waals surface area contributed by atoms with Gasteiger partial charge in [0.15, 0.2) is 6.10 Å². The second-order valence-corrected chi connectivity index (χ2v) is 10.1. The number of anilines is 1. The van der Waals surface area contributed by atoms with Gasteiger partial charge in [0.25, 0.3) is 0 Å². The zero-order valence-corrected chi connectivity index (χ0v) is 23.9. The molecule has 1 N–H and O–H groups in total. The highest BCUT2D eigenvalue weighted by Gasteiger charge is 2.48. The molecule has 3 aliphatic rings. The van der Waals surface area contributed by atoms with Crippen molar-refractivity contribution in [3.8, 4) is 0 Å². The highest BCUT2D eigenvalue weighted by Crippen LogP contribution is 2.35. The summed E-state index contributed by atoms with van der Waals surface area (Å²) < 4.78 is 42.5. The number of esters is 2. The number of hydrogen-bond donors (Lipinski definition) is 1. The van der Waals surface area contributed by atoms with Gasteiger partial charge in [-0.3, -0.25) is 19.2 Å². The molecule has 43 heavy (non-hydrogen) atoms. The van der Waals surface area contributed by atoms with Crippen molar-refractivity contribution in [2.45, 2.75) is 45.4 Å². The summed E-state index contributed by atoms with van der Waals surface area (Å²) in [4.78, 5) is 54.8. The van der Waals surface area contributed by atoms with E-state index in [2.05, 4.69) is 10.1 Å². The summed E-state index contributed by atoms with van der Waals surface area (Å²) in [6.07, 6.45) is -3.34. The number of nitrogens with zero attached hydrogens (tertiary/aromatic N) is 1. The van der Waals surface area contributed by atoms with E-state index in [4.69, 9.17) is 14.6 Å². The Hall–Kier alpha value is -4.26. The number of quaternary nitrogens is 1. The summed E-state index contributed by atoms with van der Waals surface area (Å²) in [5, 5.41) is 11.4. The minimum Gasteiger partial charge on any atom is -0.542 e. The van der Waals surface area contributed by atoms with Crippen LogP contribution in [0.15, 0.2) is 60.7 Å². The summed E-state index contributed by atoms with van der Waals surface area (Å²) in [7, 11) is 0. The zero-order chi connectivity index (χ0) is 32.0. The monoisotopic (exact) mass is 608 g/mol. The number of ketones is 1. The molecular weight excluding hydrogens is 573 g/mol. The molecule has 2 bridgehead atoms. The molecule has 1 atom stereocenters. The average molecular weight is 609 g/mol. The fraction of sp³-hybridized carbons (Fsp3) is 0.433. The number of aliphatic carboxylic acids is 1. The molecule has 3 aliphatic heterocycles. The number of ether oxygens (including phenoxy) is 2. The van der Waals surface area contributed by atoms with Gasteiger partial charge in [0, 0.05) is 36.9 Å². The number of benzene rings is 2. The first-order valence-electron chi connectivity index (χ1n) is 13.6. The van der Waals surface area contributed by atoms with Crippen molar-refractivity contribution in [1.29, 1.82) is 0 Å². The molecule has 234 valence electrons. The van der Waals surface area contributed by atoms with Gasteiger partial charge in [-0.25, -0.2) is 0 Å². The van der Waals surface area contributed by atoms with Gasteiger partial charge < -0.3 is 29.2 Å². The second-order valence-electron chi connectivity index (χ2n) is 10.1. The molecule has 0 saturated carbocycles. The van der Waals surface area contributed by atoms with E-state index in [1.165, 1.54) is 6.92 Å². The first-order valence-corrected chi connectivity index (χ1v) is 13.6. The number of rotatable bonds is 8. The molecule has 5 rings (SSSR count). The van der Waals surface area contributed by atoms with E-state index in [0.29, 0.717) is 18.2 Å². The standard InChI is InChI=1S/C17H22NO3.C11H13NO3.C2HF3O2/c1-13(19)21-17-12-18(9-7-15(17)8-10-18)11-16(20)14-5-3-2-4-6-14;1-2-15-11(14)8-10(13)12-9-6-4-3-5-7-9;3-2(4,5)1(6)7/h2-6,15,17H,7-12H2,1H3;3-7H,2,8H2,1H3,(H,12,13);(H,6,7)/q+1;;/p-1/t15?,17-,18?;;/m0../s1. The van der Waals surface area contributed by atoms with E-state index in [0.717, 1.165) is 42.5 Å². The SMILES string of the molecule is CC(=O)O[C@H]1C[N+]2(CC(=O)c3ccccc3)CCC1CC2.CCOC(=O)CC(=O)Nc1ccccc1.O=C([O-])C(F)(F)F. The highest BCUT2D eigenvalue weighted by molar-refractivity contribution is 6.01. The van der Waals surface area contributed by atoms with Crippen LogP contribution in [0.4, 0.5) is 18.9 Å². The fourth-order valence-electron chi connectivity index (χ4n) is 4.88. The van der Waals surface area contributed by atoms with Gasteiger partial charge in [-0.1, -0.05) is 48.5 Å². The predicted octanol–water partition coefficient (Wildman–Crippen LogP) is 2.92. The number of nitrogens with one attached hydrogen (secondary N) is 1. The molecule has 2 aromatic rings. The van der Waals surface area contributed by atoms with E-state index < -0.39 is 18.1 Å². The number of piperidine rings is 3. The number of carboxylic acid groups (broad SMARTS) is 1. The third-order valence-electron chi connectivity index (χ3n) is 6.83. The normalized spacial score (nSPS) is 20.2. The maximum absolute atomic E-state index is 12.5. The molecular formula is C30H35F3N2O8. The quantitative estimate of drug-likeness (QED) is 0.209. The Kier molecular flexibility index (Phi) is 13.3. The molecule has 13 heteroatoms. The maximum atomic E-state index is 12.5. The number of halogens is 3. The minimum absolute atomic E-state index is 0.00595. The van der Waals surface area contributed by atoms with Gasteiger partial charge in [-0.2, -0.15) is 13.2 Å². The van der Waals surface area contributed by atoms with E-state index in [-0.39, 0.29) is 36.8 Å². The summed E-state index contributed by atoms with van der Waals surface area (Å²) in [5.41, 5.74) is 1.45. The van der Waals surface area contributed by atoms with Crippen molar-refractivity contribution < 1.29 is 56.2 Å². The van der Waals surface area contributed by atoms with Gasteiger partial charge >= 0.3 is 18.1 Å². The van der Waals surface area contributed by atoms with Crippen molar-refractivity contribution in [2.75, 3.05) is 38.1 Å². The van der Waals surface area contributed by atoms with Crippen LogP contribution in [-0.4, -0.2) is 79.1 Å². The lowest BCUT2D eigenvalue weighted by atomic mass is 9.83. The summed E-state index contributed by atoms with van der Waals surface area (Å²) in [6.45, 7) is 6.83. The van der Waals surface area contributed by atoms with Crippen LogP contribution in [0.2, 0.25) is 0 Å². The third kappa shape index (κ3) is 12.2. The molecule has 0 spiro atoms. The molecule has 2 aromatic carbocycles. The molecule has 10 nitrogen and oxygen atoms in total. The van der Waals surface area contributed by atoms with Gasteiger partial charge in [0.05, 0.1) is 19.7 Å². The Labute approximate surface area is 247 Å². The lowest BCUT2D eigenvalue weighted by Crippen LogP contribution is -2.65. The minimum atomic E-state index is -5.19. The molecule has 3 heterocycles. The molecule has 0 unspecified atom stereocenters. The second kappa shape index (κ2) is 16.4. The topological polar surface area (TPSA) is 139 Å². The smallest absolute Gasteiger partial charge is 0.430 e. The Balaban J connectivity index is 0.000000256. The first kappa shape index (κ1) is 34.9. The molecule has 0 aliphatic carbocycles. The Bertz CT molecular complexity index is 1230. The molecule has 3 fully saturated rings. The summed E-state index contributed by atoms with van der Waals surface area (Å²) >= 11 is 0. The molecule has 1 amide bonds. The Morgan fingerprint density at radius 1 is 0.953 bits per heavy atom. The number of hydrogen-bond acceptors (Lipinski definition) is 8. The maximum Gasteiger partial charge on any atom is 0.430 e. The first-order chi connectivity index (χ1) is 20.2. The highest BCUT2D eigenvalue weighted by atomic mass is 19.4. The van der Waals surface area contributed by atoms with Crippen LogP contribution in [0, 0.1) is 5.92 Å². The van der Waals surface area contributed by atoms with Crippen LogP contribution in [0.3, 0.4) is 0 Å². The summed E-state index contributed by atoms with van der Waals surface area (Å²) in [5.74, 6) is -3.40. The van der Waals surface area contributed by atoms with E-state index in [1.54, 1.807) is 31.2 Å². The third-order valence-corrected chi connectivity index (χ3v) is 6.83. The zero-order valence-electron chi connectivity index (χ0n) is 23.9. The van der Waals surface area contributed by atoms with E-state index in [9.17, 15) is 32.3 Å². The molecule has 0 radical (unpaired) electrons. The van der Waals surface area contributed by atoms with Crippen molar-refractivity contribution in [3.63, 3.8) is 0 Å². The van der Waals surface area contributed by atoms with Crippen LogP contribution >= 0.6 is 0 Å². The van der Waals surface area contributed by atoms with Crippen LogP contribution in [-0.2, 0) is 28.7 Å². The van der Waals surface area contributed by atoms with Crippen molar-refractivity contribution in [2.24, 2.45) is 5.92 Å². The van der Waals surface area contributed by atoms with Crippen LogP contribution < -0.4 is 10.4 Å². The van der Waals surface area contributed by atoms with Crippen LogP contribution in [0.5, 0.6) is 0 Å². The Morgan fingerprint density at radius 2 is 1.49 bits per heavy atom. The van der Waals surface area contributed by atoms with Gasteiger partial charge in [0.2, 0.25) is 11.7 Å². The lowest BCUT2D eigenvalue weighted by Gasteiger charge is -2.51. The number of fused-ring (bicyclic) bond motifs is 3. The van der Waals surface area contributed by atoms with Gasteiger partial charge in [-0.15, -0.1) is 0 Å². The number of carbonyl (C=O) groups is 5. The average Bonchev–Trinajstić information content (AvgIpc) is 2.94. The van der Waals surface area contributed by atoms with Crippen LogP contribution in [0.25, 0.3) is 0 Å². The predicted molar refractivity (Wildman–Crippen MR) is 146 cm³/mol. The number of carbonyl (C=O) groups excluding carboxylic acids is 5. The number of para-hydroxylation sites is 1. The fourth-order valence-corrected chi connectivity index (χ4v) is 4.88. The number of alkyl halides is 3. The van der Waals surface area contributed by atoms with E-state index in [1.807, 2.05) is 36.4 Å². The van der Waals surface area contributed by atoms with Crippen molar-refractivity contribution >= 4 is 35.3 Å². The Morgan fingerprint density at radius 3 is 1.98 bits per heavy atom. The van der Waals surface area contributed by atoms with E-state index >= 15 is 0 Å². The number of carboxylic acids is 1. The van der Waals surface area contributed by atoms with Gasteiger partial charge in [-0.05, 0) is 19.1 Å². The number of amides is 1.